The summed E-state index contributed by atoms with van der Waals surface area (Å²) in [6.45, 7) is 3.78. The first kappa shape index (κ1) is 14.9. The number of phenolic OH excluding ortho intramolecular Hbond substituents is 1. The maximum atomic E-state index is 9.89. The topological polar surface area (TPSA) is 70.4 Å². The van der Waals surface area contributed by atoms with E-state index in [0.717, 1.165) is 15.9 Å². The third-order valence-electron chi connectivity index (χ3n) is 2.41. The van der Waals surface area contributed by atoms with Gasteiger partial charge in [0.1, 0.15) is 5.75 Å². The first-order valence-corrected chi connectivity index (χ1v) is 7.33. The van der Waals surface area contributed by atoms with Crippen molar-refractivity contribution >= 4 is 44.0 Å². The van der Waals surface area contributed by atoms with Crippen LogP contribution in [0.25, 0.3) is 0 Å². The van der Waals surface area contributed by atoms with E-state index in [4.69, 9.17) is 0 Å². The lowest BCUT2D eigenvalue weighted by Crippen LogP contribution is -1.99. The number of benzene rings is 1. The van der Waals surface area contributed by atoms with Gasteiger partial charge in [-0.25, -0.2) is 15.4 Å². The van der Waals surface area contributed by atoms with Gasteiger partial charge in [0.2, 0.25) is 5.95 Å². The molecule has 0 saturated heterocycles. The van der Waals surface area contributed by atoms with E-state index in [-0.39, 0.29) is 5.75 Å². The first-order chi connectivity index (χ1) is 9.45. The van der Waals surface area contributed by atoms with Gasteiger partial charge >= 0.3 is 0 Å². The molecule has 0 fully saturated rings. The molecule has 1 heterocycles. The third-order valence-corrected chi connectivity index (χ3v) is 3.47. The van der Waals surface area contributed by atoms with Gasteiger partial charge in [-0.15, -0.1) is 0 Å². The number of anilines is 1. The van der Waals surface area contributed by atoms with Crippen LogP contribution >= 0.6 is 31.9 Å². The second kappa shape index (κ2) is 6.32. The minimum Gasteiger partial charge on any atom is -0.506 e. The van der Waals surface area contributed by atoms with Crippen molar-refractivity contribution in [3.8, 4) is 5.75 Å². The number of aryl methyl sites for hydroxylation is 2. The van der Waals surface area contributed by atoms with Crippen LogP contribution in [0.4, 0.5) is 5.95 Å². The number of hydrazone groups is 1. The normalized spacial score (nSPS) is 11.0. The minimum atomic E-state index is 0.125. The Morgan fingerprint density at radius 1 is 1.15 bits per heavy atom. The molecule has 0 radical (unpaired) electrons. The molecule has 0 atom stereocenters. The zero-order valence-corrected chi connectivity index (χ0v) is 14.0. The highest BCUT2D eigenvalue weighted by Gasteiger charge is 2.05. The smallest absolute Gasteiger partial charge is 0.243 e. The van der Waals surface area contributed by atoms with E-state index in [0.29, 0.717) is 16.0 Å². The van der Waals surface area contributed by atoms with Crippen LogP contribution in [0.3, 0.4) is 0 Å². The van der Waals surface area contributed by atoms with E-state index in [2.05, 4.69) is 52.4 Å². The van der Waals surface area contributed by atoms with Crippen LogP contribution < -0.4 is 5.43 Å². The zero-order valence-electron chi connectivity index (χ0n) is 10.9. The zero-order chi connectivity index (χ0) is 14.7. The van der Waals surface area contributed by atoms with Crippen molar-refractivity contribution in [3.05, 3.63) is 44.1 Å². The van der Waals surface area contributed by atoms with Gasteiger partial charge in [0.15, 0.2) is 0 Å². The van der Waals surface area contributed by atoms with Crippen molar-refractivity contribution in [2.45, 2.75) is 13.8 Å². The van der Waals surface area contributed by atoms with Crippen molar-refractivity contribution in [2.75, 3.05) is 5.43 Å². The van der Waals surface area contributed by atoms with Gasteiger partial charge in [0.25, 0.3) is 0 Å². The summed E-state index contributed by atoms with van der Waals surface area (Å²) in [4.78, 5) is 8.41. The van der Waals surface area contributed by atoms with Crippen LogP contribution in [-0.4, -0.2) is 21.3 Å². The highest BCUT2D eigenvalue weighted by Crippen LogP contribution is 2.30. The second-order valence-corrected chi connectivity index (χ2v) is 5.94. The lowest BCUT2D eigenvalue weighted by atomic mass is 10.2. The third kappa shape index (κ3) is 3.77. The van der Waals surface area contributed by atoms with Crippen molar-refractivity contribution in [1.82, 2.24) is 9.97 Å². The minimum absolute atomic E-state index is 0.125. The SMILES string of the molecule is Cc1cc(C)nc(N/N=C/c2cc(Br)cc(Br)c2O)n1. The molecule has 0 saturated carbocycles. The second-order valence-electron chi connectivity index (χ2n) is 4.17. The number of nitrogens with zero attached hydrogens (tertiary/aromatic N) is 3. The maximum Gasteiger partial charge on any atom is 0.243 e. The van der Waals surface area contributed by atoms with Crippen molar-refractivity contribution < 1.29 is 5.11 Å². The van der Waals surface area contributed by atoms with Crippen LogP contribution in [0.5, 0.6) is 5.75 Å². The largest absolute Gasteiger partial charge is 0.506 e. The molecule has 2 N–H and O–H groups in total. The molecule has 7 heteroatoms. The maximum absolute atomic E-state index is 9.89. The van der Waals surface area contributed by atoms with Crippen molar-refractivity contribution in [2.24, 2.45) is 5.10 Å². The molecule has 2 aromatic rings. The molecular formula is C13H12Br2N4O. The van der Waals surface area contributed by atoms with Gasteiger partial charge in [-0.1, -0.05) is 15.9 Å². The Hall–Kier alpha value is -1.47. The van der Waals surface area contributed by atoms with Crippen LogP contribution in [-0.2, 0) is 0 Å². The fraction of sp³-hybridized carbons (Fsp3) is 0.154. The number of aromatic hydroxyl groups is 1. The average Bonchev–Trinajstić information content (AvgIpc) is 2.34. The molecule has 0 aliphatic heterocycles. The molecule has 0 amide bonds. The summed E-state index contributed by atoms with van der Waals surface area (Å²) < 4.78 is 1.43. The number of nitrogens with one attached hydrogen (secondary N) is 1. The number of hydrogen-bond acceptors (Lipinski definition) is 5. The summed E-state index contributed by atoms with van der Waals surface area (Å²) in [5, 5.41) is 13.9. The molecule has 0 aliphatic rings. The number of phenols is 1. The van der Waals surface area contributed by atoms with E-state index in [1.54, 1.807) is 12.1 Å². The molecule has 20 heavy (non-hydrogen) atoms. The number of halogens is 2. The molecule has 104 valence electrons. The van der Waals surface area contributed by atoms with E-state index in [1.807, 2.05) is 19.9 Å². The van der Waals surface area contributed by atoms with E-state index < -0.39 is 0 Å². The number of hydrogen-bond donors (Lipinski definition) is 2. The summed E-state index contributed by atoms with van der Waals surface area (Å²) in [6, 6.07) is 5.40. The van der Waals surface area contributed by atoms with E-state index >= 15 is 0 Å². The summed E-state index contributed by atoms with van der Waals surface area (Å²) in [6.07, 6.45) is 1.51. The van der Waals surface area contributed by atoms with Crippen LogP contribution in [0.15, 0.2) is 32.2 Å². The van der Waals surface area contributed by atoms with Gasteiger partial charge in [-0.3, -0.25) is 0 Å². The Morgan fingerprint density at radius 3 is 2.45 bits per heavy atom. The monoisotopic (exact) mass is 398 g/mol. The number of aromatic nitrogens is 2. The summed E-state index contributed by atoms with van der Waals surface area (Å²) >= 11 is 6.62. The van der Waals surface area contributed by atoms with Gasteiger partial charge in [0.05, 0.1) is 10.7 Å². The van der Waals surface area contributed by atoms with Gasteiger partial charge in [0, 0.05) is 21.4 Å². The van der Waals surface area contributed by atoms with E-state index in [1.165, 1.54) is 6.21 Å². The highest BCUT2D eigenvalue weighted by atomic mass is 79.9. The summed E-state index contributed by atoms with van der Waals surface area (Å²) in [7, 11) is 0. The molecule has 0 unspecified atom stereocenters. The molecular weight excluding hydrogens is 388 g/mol. The molecule has 2 rings (SSSR count). The Bertz CT molecular complexity index is 653. The summed E-state index contributed by atoms with van der Waals surface area (Å²) in [5.41, 5.74) is 5.05. The van der Waals surface area contributed by atoms with Crippen LogP contribution in [0.2, 0.25) is 0 Å². The summed E-state index contributed by atoms with van der Waals surface area (Å²) in [5.74, 6) is 0.549. The van der Waals surface area contributed by atoms with Gasteiger partial charge in [-0.2, -0.15) is 5.10 Å². The highest BCUT2D eigenvalue weighted by molar-refractivity contribution is 9.11. The van der Waals surface area contributed by atoms with Gasteiger partial charge < -0.3 is 5.11 Å². The standard InChI is InChI=1S/C13H12Br2N4O/c1-7-3-8(2)18-13(17-7)19-16-6-9-4-10(14)5-11(15)12(9)20/h3-6,20H,1-2H3,(H,17,18,19)/b16-6+. The molecule has 0 aliphatic carbocycles. The van der Waals surface area contributed by atoms with Crippen molar-refractivity contribution in [1.29, 1.82) is 0 Å². The lowest BCUT2D eigenvalue weighted by Gasteiger charge is -2.04. The lowest BCUT2D eigenvalue weighted by molar-refractivity contribution is 0.471. The fourth-order valence-corrected chi connectivity index (χ4v) is 2.88. The van der Waals surface area contributed by atoms with Crippen LogP contribution in [0.1, 0.15) is 17.0 Å². The van der Waals surface area contributed by atoms with E-state index in [9.17, 15) is 5.11 Å². The molecule has 1 aromatic heterocycles. The molecule has 1 aromatic carbocycles. The van der Waals surface area contributed by atoms with Crippen molar-refractivity contribution in [3.63, 3.8) is 0 Å². The van der Waals surface area contributed by atoms with Crippen LogP contribution in [0, 0.1) is 13.8 Å². The predicted molar refractivity (Wildman–Crippen MR) is 86.2 cm³/mol. The molecule has 0 spiro atoms. The van der Waals surface area contributed by atoms with Gasteiger partial charge in [-0.05, 0) is 48.0 Å². The Balaban J connectivity index is 2.18. The molecule has 0 bridgehead atoms. The Morgan fingerprint density at radius 2 is 1.80 bits per heavy atom. The Labute approximate surface area is 133 Å². The predicted octanol–water partition coefficient (Wildman–Crippen LogP) is 3.77. The quantitative estimate of drug-likeness (QED) is 0.608. The Kier molecular flexibility index (Phi) is 4.72. The fourth-order valence-electron chi connectivity index (χ4n) is 1.62. The first-order valence-electron chi connectivity index (χ1n) is 5.75. The molecule has 5 nitrogen and oxygen atoms in total. The number of rotatable bonds is 3. The average molecular weight is 400 g/mol.